The summed E-state index contributed by atoms with van der Waals surface area (Å²) in [6, 6.07) is 59.7. The van der Waals surface area contributed by atoms with Gasteiger partial charge in [0, 0.05) is 41.5 Å². The number of amides is 2. The van der Waals surface area contributed by atoms with Gasteiger partial charge in [0.25, 0.3) is 5.79 Å². The Kier molecular flexibility index (Phi) is 34.7. The second-order valence-corrected chi connectivity index (χ2v) is 29.5. The minimum absolute atomic E-state index is 0.0138. The van der Waals surface area contributed by atoms with E-state index in [-0.39, 0.29) is 59.5 Å². The molecule has 0 bridgehead atoms. The summed E-state index contributed by atoms with van der Waals surface area (Å²) in [6.45, 7) is 3.83. The zero-order chi connectivity index (χ0) is 85.8. The fraction of sp³-hybridized carbons (Fsp3) is 0.456. The van der Waals surface area contributed by atoms with E-state index in [9.17, 15) is 39.0 Å². The summed E-state index contributed by atoms with van der Waals surface area (Å²) in [5.74, 6) is -8.95. The smallest absolute Gasteiger partial charge is 0.366 e. The van der Waals surface area contributed by atoms with Gasteiger partial charge in [-0.25, -0.2) is 4.79 Å². The van der Waals surface area contributed by atoms with Crippen molar-refractivity contribution in [1.82, 2.24) is 10.6 Å². The monoisotopic (exact) mass is 1680 g/mol. The zero-order valence-corrected chi connectivity index (χ0v) is 68.6. The van der Waals surface area contributed by atoms with Crippen LogP contribution in [0.2, 0.25) is 0 Å². The van der Waals surface area contributed by atoms with Crippen LogP contribution in [-0.2, 0) is 170 Å². The maximum Gasteiger partial charge on any atom is 0.366 e. The molecule has 21 atom stereocenters. The number of methoxy groups -OCH3 is 2. The number of rotatable bonds is 41. The summed E-state index contributed by atoms with van der Waals surface area (Å²) in [7, 11) is 2.48. The van der Waals surface area contributed by atoms with E-state index in [1.54, 1.807) is 24.3 Å². The van der Waals surface area contributed by atoms with E-state index in [2.05, 4.69) is 10.6 Å². The molecule has 11 rings (SSSR count). The zero-order valence-electron chi connectivity index (χ0n) is 68.6. The lowest BCUT2D eigenvalue weighted by molar-refractivity contribution is -0.388. The van der Waals surface area contributed by atoms with Crippen molar-refractivity contribution in [2.24, 2.45) is 0 Å². The van der Waals surface area contributed by atoms with Gasteiger partial charge >= 0.3 is 29.8 Å². The topological polar surface area (TPSA) is 369 Å². The van der Waals surface area contributed by atoms with E-state index < -0.39 is 190 Å². The molecule has 31 heteroatoms. The summed E-state index contributed by atoms with van der Waals surface area (Å²) in [5, 5.41) is 31.3. The highest BCUT2D eigenvalue weighted by Crippen LogP contribution is 2.42. The van der Waals surface area contributed by atoms with Gasteiger partial charge in [0.15, 0.2) is 31.1 Å². The predicted octanol–water partition coefficient (Wildman–Crippen LogP) is 7.70. The summed E-state index contributed by atoms with van der Waals surface area (Å²) >= 11 is 0. The van der Waals surface area contributed by atoms with Gasteiger partial charge in [0.1, 0.15) is 97.7 Å². The van der Waals surface area contributed by atoms with Gasteiger partial charge in [-0.05, 0) is 51.1 Å². The molecule has 4 aliphatic rings. The Morgan fingerprint density at radius 1 is 0.430 bits per heavy atom. The Bertz CT molecular complexity index is 4360. The highest BCUT2D eigenvalue weighted by molar-refractivity contribution is 5.79. The summed E-state index contributed by atoms with van der Waals surface area (Å²) < 4.78 is 132. The van der Waals surface area contributed by atoms with Crippen LogP contribution in [0.1, 0.15) is 86.9 Å². The van der Waals surface area contributed by atoms with Crippen molar-refractivity contribution in [1.29, 1.82) is 0 Å². The molecule has 650 valence electrons. The standard InChI is InChI=1S/C90H106N2O29/c1-55(93)91-74-69(113-58(4)96)43-90(89(101)103-8,121-81(74)78(115-60(6)98)73(114-59(5)97)53-106-57(3)95)112-54-70-76(99)80(108-50-67-39-41-68(102-7)42-40-67)75(92-56(2)94)87(117-70)120-83-77(107-46-63-31-19-11-20-32-63)71(51-104-44-61-27-15-9-16-28-61)118-88(85(83)111-49-66-37-25-14-26-38-66)119-79-72(52-105-45-62-29-17-10-18-30-62)116-86(100)84(110-48-65-35-23-13-24-36-65)82(79)109-47-64-33-21-12-22-34-64/h9-42,69-88,99-100H,43-54H2,1-8H3,(H,91,93)(H,92,94)/t69-,70+,71+,72+,73+,74+,75+,76+,77-,78+,79+,80+,81+,82-,83-,84+,85+,86+,87-,88-,90+/m0/s1. The number of aliphatic hydroxyl groups is 2. The molecular weight excluding hydrogens is 1570 g/mol. The first-order valence-electron chi connectivity index (χ1n) is 39.9. The molecule has 0 aliphatic carbocycles. The molecule has 7 aromatic carbocycles. The maximum absolute atomic E-state index is 15.1. The summed E-state index contributed by atoms with van der Waals surface area (Å²) in [6.07, 6.45) is -29.3. The highest BCUT2D eigenvalue weighted by atomic mass is 16.8. The van der Waals surface area contributed by atoms with Crippen molar-refractivity contribution in [3.05, 3.63) is 245 Å². The summed E-state index contributed by atoms with van der Waals surface area (Å²) in [4.78, 5) is 94.8. The second-order valence-electron chi connectivity index (χ2n) is 29.5. The number of carbonyl (C=O) groups excluding carboxylic acids is 7. The quantitative estimate of drug-likeness (QED) is 0.0211. The predicted molar refractivity (Wildman–Crippen MR) is 426 cm³/mol. The highest BCUT2D eigenvalue weighted by Gasteiger charge is 2.62. The molecule has 0 radical (unpaired) electrons. The number of nitrogens with one attached hydrogen (secondary N) is 2. The molecule has 31 nitrogen and oxygen atoms in total. The van der Waals surface area contributed by atoms with Gasteiger partial charge in [0.05, 0.1) is 92.8 Å². The Balaban J connectivity index is 1.07. The lowest BCUT2D eigenvalue weighted by Gasteiger charge is -2.52. The van der Waals surface area contributed by atoms with E-state index in [4.69, 9.17) is 94.7 Å². The van der Waals surface area contributed by atoms with Crippen molar-refractivity contribution in [2.45, 2.75) is 223 Å². The van der Waals surface area contributed by atoms with E-state index in [0.717, 1.165) is 64.0 Å². The van der Waals surface area contributed by atoms with Gasteiger partial charge in [-0.2, -0.15) is 0 Å². The van der Waals surface area contributed by atoms with Crippen LogP contribution in [0.15, 0.2) is 206 Å². The first kappa shape index (κ1) is 91.7. The molecule has 4 N–H and O–H groups in total. The number of benzene rings is 7. The number of aliphatic hydroxyl groups excluding tert-OH is 2. The van der Waals surface area contributed by atoms with E-state index in [1.165, 1.54) is 14.0 Å². The van der Waals surface area contributed by atoms with Gasteiger partial charge in [-0.3, -0.25) is 28.8 Å². The molecule has 4 aliphatic heterocycles. The lowest BCUT2D eigenvalue weighted by atomic mass is 9.87. The average molecular weight is 1680 g/mol. The fourth-order valence-electron chi connectivity index (χ4n) is 14.8. The molecule has 0 saturated carbocycles. The number of esters is 5. The third-order valence-electron chi connectivity index (χ3n) is 20.3. The van der Waals surface area contributed by atoms with Crippen LogP contribution in [0.3, 0.4) is 0 Å². The third kappa shape index (κ3) is 26.5. The van der Waals surface area contributed by atoms with Crippen LogP contribution >= 0.6 is 0 Å². The largest absolute Gasteiger partial charge is 0.497 e. The number of hydrogen-bond donors (Lipinski definition) is 4. The first-order chi connectivity index (χ1) is 58.5. The Morgan fingerprint density at radius 2 is 0.860 bits per heavy atom. The minimum atomic E-state index is -2.87. The van der Waals surface area contributed by atoms with E-state index in [0.29, 0.717) is 22.4 Å². The molecule has 0 unspecified atom stereocenters. The number of carbonyl (C=O) groups is 7. The SMILES string of the molecule is COC(=O)[C@@]1(OC[C@H]2O[C@@H](O[C@H]3[C@@H](OCc4ccccc4)[C@@H](COCc4ccccc4)O[C@@H](O[C@H]4[C@H](OCc5ccccc5)[C@@H](OCc5ccccc5)[C@H](O)O[C@@H]4COCc4ccccc4)[C@@H]3OCc3ccccc3)[C@H](NC(C)=O)[C@@H](OCc3ccc(OC)cc3)[C@@H]2O)C[C@H](OC(C)=O)[C@@H](NC(C)=O)[C@H]([C@H](OC(C)=O)[C@@H](COC(C)=O)OC(C)=O)O1. The average Bonchev–Trinajstić information content (AvgIpc) is 0.756. The van der Waals surface area contributed by atoms with Crippen molar-refractivity contribution in [2.75, 3.05) is 40.6 Å². The van der Waals surface area contributed by atoms with Gasteiger partial charge < -0.3 is 116 Å². The van der Waals surface area contributed by atoms with Crippen LogP contribution in [-0.4, -0.2) is 221 Å². The van der Waals surface area contributed by atoms with Crippen molar-refractivity contribution >= 4 is 41.7 Å². The van der Waals surface area contributed by atoms with Gasteiger partial charge in [-0.1, -0.05) is 194 Å². The molecule has 2 amide bonds. The van der Waals surface area contributed by atoms with Crippen LogP contribution in [0.5, 0.6) is 5.75 Å². The molecule has 4 fully saturated rings. The molecule has 0 spiro atoms. The number of hydrogen-bond acceptors (Lipinski definition) is 29. The molecule has 7 aromatic rings. The Morgan fingerprint density at radius 3 is 1.32 bits per heavy atom. The third-order valence-corrected chi connectivity index (χ3v) is 20.3. The van der Waals surface area contributed by atoms with Crippen LogP contribution < -0.4 is 15.4 Å². The van der Waals surface area contributed by atoms with E-state index >= 15 is 4.79 Å². The molecule has 4 heterocycles. The van der Waals surface area contributed by atoms with Crippen molar-refractivity contribution in [3.63, 3.8) is 0 Å². The van der Waals surface area contributed by atoms with Crippen LogP contribution in [0.25, 0.3) is 0 Å². The van der Waals surface area contributed by atoms with Crippen LogP contribution in [0, 0.1) is 0 Å². The Labute approximate surface area is 701 Å². The lowest BCUT2D eigenvalue weighted by Crippen LogP contribution is -2.71. The molecule has 4 saturated heterocycles. The van der Waals surface area contributed by atoms with E-state index in [1.807, 2.05) is 182 Å². The van der Waals surface area contributed by atoms with Crippen molar-refractivity contribution in [3.8, 4) is 5.75 Å². The maximum atomic E-state index is 15.1. The normalized spacial score (nSPS) is 27.0. The minimum Gasteiger partial charge on any atom is -0.497 e. The second kappa shape index (κ2) is 45.8. The van der Waals surface area contributed by atoms with Gasteiger partial charge in [-0.15, -0.1) is 0 Å². The summed E-state index contributed by atoms with van der Waals surface area (Å²) in [5.41, 5.74) is 5.08. The first-order valence-corrected chi connectivity index (χ1v) is 39.9. The molecule has 0 aromatic heterocycles. The molecule has 121 heavy (non-hydrogen) atoms. The Hall–Kier alpha value is -10.0. The molecular formula is C90H106N2O29. The van der Waals surface area contributed by atoms with Crippen molar-refractivity contribution < 1.29 is 139 Å². The van der Waals surface area contributed by atoms with Gasteiger partial charge in [0.2, 0.25) is 11.8 Å². The van der Waals surface area contributed by atoms with Crippen LogP contribution in [0.4, 0.5) is 0 Å². The number of ether oxygens (including phenoxy) is 20. The fourth-order valence-corrected chi connectivity index (χ4v) is 14.8.